The lowest BCUT2D eigenvalue weighted by Gasteiger charge is -2.29. The summed E-state index contributed by atoms with van der Waals surface area (Å²) in [6.07, 6.45) is 32.9. The van der Waals surface area contributed by atoms with Crippen LogP contribution in [0.15, 0.2) is 0 Å². The van der Waals surface area contributed by atoms with Crippen molar-refractivity contribution < 1.29 is 62.0 Å². The van der Waals surface area contributed by atoms with Crippen LogP contribution in [0.1, 0.15) is 246 Å². The normalized spacial score (nSPS) is 11.4. The van der Waals surface area contributed by atoms with Crippen LogP contribution in [0.4, 0.5) is 4.79 Å². The highest BCUT2D eigenvalue weighted by atomic mass is 16.6. The molecule has 0 radical (unpaired) electrons. The van der Waals surface area contributed by atoms with Gasteiger partial charge < -0.3 is 47.9 Å². The molecule has 0 heterocycles. The first-order valence-electron chi connectivity index (χ1n) is 30.7. The number of esters is 5. The number of hydrogen-bond donors (Lipinski definition) is 0. The molecule has 0 spiro atoms. The number of nitrogens with zero attached hydrogens (tertiary/aromatic N) is 3. The summed E-state index contributed by atoms with van der Waals surface area (Å²) in [7, 11) is 5.53. The van der Waals surface area contributed by atoms with Crippen LogP contribution in [0.5, 0.6) is 0 Å². The number of amides is 2. The summed E-state index contributed by atoms with van der Waals surface area (Å²) in [4.78, 5) is 91.5. The van der Waals surface area contributed by atoms with Crippen LogP contribution in [0, 0.1) is 11.8 Å². The number of ether oxygens (including phenoxy) is 6. The second kappa shape index (κ2) is 56.9. The molecule has 16 heteroatoms. The van der Waals surface area contributed by atoms with Crippen molar-refractivity contribution in [1.29, 1.82) is 0 Å². The van der Waals surface area contributed by atoms with E-state index in [0.29, 0.717) is 26.1 Å². The number of hydrogen-bond acceptors (Lipinski definition) is 14. The smallest absolute Gasteiger partial charge is 0.320 e. The summed E-state index contributed by atoms with van der Waals surface area (Å²) < 4.78 is 34.2. The minimum absolute atomic E-state index is 0.0134. The van der Waals surface area contributed by atoms with E-state index in [0.717, 1.165) is 83.5 Å². The standard InChI is InChI=1S/C60H113N3O12.CH2O/c1-8-12-16-20-24-28-32-36-44-70-49-53(50-73-55(64)37-33-29-25-21-17-13-9-2)47-58(67)71-45-42-63(60(69)62(7)41-40-61(5)6)43-46-72-59(68)48-54(51-74-56(65)38-34-30-26-22-18-14-10-3)52-75-57(66)39-35-31-27-23-19-15-11-4;1-2/h53-54H,8-52H2,1-7H3;1H2. The SMILES string of the molecule is C=O.CCCCCCCCCCOCC(COC(=O)CCCCCCCCC)CC(=O)OCCN(CCOC(=O)CC(COC(=O)CCCCCCCCC)COC(=O)CCCCCCCCC)C(=O)N(C)CCN(C)C. The average Bonchev–Trinajstić information content (AvgIpc) is 3.41. The molecule has 0 aliphatic heterocycles. The van der Waals surface area contributed by atoms with Crippen LogP contribution < -0.4 is 0 Å². The molecule has 0 aliphatic rings. The van der Waals surface area contributed by atoms with Gasteiger partial charge in [0.15, 0.2) is 0 Å². The van der Waals surface area contributed by atoms with E-state index < -0.39 is 17.9 Å². The van der Waals surface area contributed by atoms with Gasteiger partial charge in [-0.2, -0.15) is 0 Å². The third-order valence-corrected chi connectivity index (χ3v) is 13.5. The Hall–Kier alpha value is -3.79. The van der Waals surface area contributed by atoms with Crippen LogP contribution in [0.25, 0.3) is 0 Å². The van der Waals surface area contributed by atoms with Gasteiger partial charge in [0.25, 0.3) is 0 Å². The van der Waals surface area contributed by atoms with E-state index in [2.05, 4.69) is 27.7 Å². The van der Waals surface area contributed by atoms with Crippen molar-refractivity contribution in [2.75, 3.05) is 93.6 Å². The van der Waals surface area contributed by atoms with E-state index in [9.17, 15) is 28.8 Å². The van der Waals surface area contributed by atoms with Crippen molar-refractivity contribution in [1.82, 2.24) is 14.7 Å². The molecule has 452 valence electrons. The third kappa shape index (κ3) is 51.4. The maximum Gasteiger partial charge on any atom is 0.320 e. The molecule has 0 aromatic rings. The number of carbonyl (C=O) groups is 7. The number of carbonyl (C=O) groups excluding carboxylic acids is 7. The van der Waals surface area contributed by atoms with Gasteiger partial charge in [-0.05, 0) is 39.8 Å². The van der Waals surface area contributed by atoms with Crippen LogP contribution in [-0.4, -0.2) is 151 Å². The number of rotatable bonds is 54. The zero-order valence-corrected chi connectivity index (χ0v) is 50.3. The Balaban J connectivity index is 0. The van der Waals surface area contributed by atoms with Gasteiger partial charge in [0.1, 0.15) is 20.0 Å². The fourth-order valence-corrected chi connectivity index (χ4v) is 8.57. The molecule has 1 unspecified atom stereocenters. The zero-order valence-electron chi connectivity index (χ0n) is 50.3. The lowest BCUT2D eigenvalue weighted by atomic mass is 10.1. The molecule has 77 heavy (non-hydrogen) atoms. The third-order valence-electron chi connectivity index (χ3n) is 13.5. The first kappa shape index (κ1) is 75.3. The summed E-state index contributed by atoms with van der Waals surface area (Å²) in [6.45, 7) is 12.4. The minimum atomic E-state index is -0.601. The summed E-state index contributed by atoms with van der Waals surface area (Å²) in [5, 5.41) is 0. The Morgan fingerprint density at radius 3 is 1.00 bits per heavy atom. The monoisotopic (exact) mass is 1100 g/mol. The lowest BCUT2D eigenvalue weighted by molar-refractivity contribution is -0.155. The molecule has 0 rings (SSSR count). The Morgan fingerprint density at radius 1 is 0.351 bits per heavy atom. The maximum absolute atomic E-state index is 13.7. The Kier molecular flexibility index (Phi) is 55.6. The molecule has 0 saturated heterocycles. The van der Waals surface area contributed by atoms with E-state index in [-0.39, 0.29) is 108 Å². The van der Waals surface area contributed by atoms with Crippen LogP contribution >= 0.6 is 0 Å². The maximum atomic E-state index is 13.7. The molecule has 0 saturated carbocycles. The Bertz CT molecular complexity index is 1390. The fraction of sp³-hybridized carbons (Fsp3) is 0.885. The number of unbranched alkanes of at least 4 members (excludes halogenated alkanes) is 25. The molecular weight excluding hydrogens is 983 g/mol. The van der Waals surface area contributed by atoms with Gasteiger partial charge in [-0.25, -0.2) is 4.79 Å². The Labute approximate surface area is 469 Å². The number of likely N-dealkylation sites (N-methyl/N-ethyl adjacent to an activating group) is 2. The zero-order chi connectivity index (χ0) is 57.4. The lowest BCUT2D eigenvalue weighted by Crippen LogP contribution is -2.46. The van der Waals surface area contributed by atoms with Crippen molar-refractivity contribution in [2.45, 2.75) is 246 Å². The van der Waals surface area contributed by atoms with E-state index in [1.807, 2.05) is 25.8 Å². The molecule has 0 bridgehead atoms. The van der Waals surface area contributed by atoms with Gasteiger partial charge in [-0.1, -0.05) is 188 Å². The molecule has 2 amide bonds. The van der Waals surface area contributed by atoms with Crippen molar-refractivity contribution in [3.63, 3.8) is 0 Å². The van der Waals surface area contributed by atoms with Crippen LogP contribution in [0.3, 0.4) is 0 Å². The molecule has 0 fully saturated rings. The van der Waals surface area contributed by atoms with Crippen molar-refractivity contribution >= 4 is 42.7 Å². The summed E-state index contributed by atoms with van der Waals surface area (Å²) in [6, 6.07) is -0.317. The first-order chi connectivity index (χ1) is 37.4. The van der Waals surface area contributed by atoms with Gasteiger partial charge in [0, 0.05) is 57.8 Å². The number of urea groups is 1. The van der Waals surface area contributed by atoms with Crippen LogP contribution in [0.2, 0.25) is 0 Å². The van der Waals surface area contributed by atoms with E-state index in [4.69, 9.17) is 33.2 Å². The second-order valence-electron chi connectivity index (χ2n) is 21.3. The second-order valence-corrected chi connectivity index (χ2v) is 21.3. The molecule has 1 atom stereocenters. The highest BCUT2D eigenvalue weighted by molar-refractivity contribution is 5.75. The van der Waals surface area contributed by atoms with Crippen molar-refractivity contribution in [3.8, 4) is 0 Å². The van der Waals surface area contributed by atoms with Crippen molar-refractivity contribution in [3.05, 3.63) is 0 Å². The van der Waals surface area contributed by atoms with Crippen molar-refractivity contribution in [2.24, 2.45) is 11.8 Å². The predicted molar refractivity (Wildman–Crippen MR) is 308 cm³/mol. The fourth-order valence-electron chi connectivity index (χ4n) is 8.57. The Morgan fingerprint density at radius 2 is 0.662 bits per heavy atom. The highest BCUT2D eigenvalue weighted by Crippen LogP contribution is 2.16. The molecule has 0 N–H and O–H groups in total. The first-order valence-corrected chi connectivity index (χ1v) is 30.7. The average molecular weight is 1100 g/mol. The minimum Gasteiger partial charge on any atom is -0.465 e. The van der Waals surface area contributed by atoms with Gasteiger partial charge in [-0.3, -0.25) is 24.0 Å². The van der Waals surface area contributed by atoms with E-state index in [1.54, 1.807) is 11.9 Å². The predicted octanol–water partition coefficient (Wildman–Crippen LogP) is 13.0. The quantitative estimate of drug-likeness (QED) is 0.0318. The van der Waals surface area contributed by atoms with Gasteiger partial charge in [0.2, 0.25) is 0 Å². The molecule has 0 aromatic carbocycles. The largest absolute Gasteiger partial charge is 0.465 e. The van der Waals surface area contributed by atoms with Crippen LogP contribution in [-0.2, 0) is 57.2 Å². The van der Waals surface area contributed by atoms with Gasteiger partial charge >= 0.3 is 35.9 Å². The summed E-state index contributed by atoms with van der Waals surface area (Å²) >= 11 is 0. The van der Waals surface area contributed by atoms with Gasteiger partial charge in [0.05, 0.1) is 52.4 Å². The molecule has 16 nitrogen and oxygen atoms in total. The molecular formula is C61H115N3O13. The molecule has 0 aliphatic carbocycles. The summed E-state index contributed by atoms with van der Waals surface area (Å²) in [5.74, 6) is -3.02. The van der Waals surface area contributed by atoms with E-state index >= 15 is 0 Å². The highest BCUT2D eigenvalue weighted by Gasteiger charge is 2.24. The topological polar surface area (TPSA) is 185 Å². The van der Waals surface area contributed by atoms with E-state index in [1.165, 1.54) is 108 Å². The van der Waals surface area contributed by atoms with Gasteiger partial charge in [-0.15, -0.1) is 0 Å². The molecule has 0 aromatic heterocycles. The summed E-state index contributed by atoms with van der Waals surface area (Å²) in [5.41, 5.74) is 0.